The maximum atomic E-state index is 13.9. The molecule has 0 aliphatic carbocycles. The second-order valence-electron chi connectivity index (χ2n) is 8.89. The van der Waals surface area contributed by atoms with Gasteiger partial charge in [0.2, 0.25) is 5.88 Å². The van der Waals surface area contributed by atoms with Crippen molar-refractivity contribution in [2.24, 2.45) is 7.05 Å². The topological polar surface area (TPSA) is 65.8 Å². The molecule has 186 valence electrons. The van der Waals surface area contributed by atoms with Gasteiger partial charge in [0, 0.05) is 36.3 Å². The van der Waals surface area contributed by atoms with E-state index in [2.05, 4.69) is 4.98 Å². The fourth-order valence-electron chi connectivity index (χ4n) is 4.57. The molecule has 0 N–H and O–H groups in total. The smallest absolute Gasteiger partial charge is 0.270 e. The van der Waals surface area contributed by atoms with E-state index in [9.17, 15) is 4.79 Å². The number of fused-ring (bicyclic) bond motifs is 3. The number of pyridine rings is 1. The molecule has 2 aromatic heterocycles. The van der Waals surface area contributed by atoms with Gasteiger partial charge < -0.3 is 23.7 Å². The Morgan fingerprint density at radius 3 is 2.75 bits per heavy atom. The van der Waals surface area contributed by atoms with Crippen LogP contribution < -0.4 is 14.2 Å². The summed E-state index contributed by atoms with van der Waals surface area (Å²) >= 11 is 0. The van der Waals surface area contributed by atoms with E-state index in [4.69, 9.17) is 14.2 Å². The standard InChI is InChI=1S/C29H31N3O4/c1-3-34-23-13-14-24-22(18-23)19-25(31(24)2)29(33)32-16-7-4-8-17-35-26-11-5-6-12-27(26)36-28-21(20-32)10-9-15-30-28/h5-6,9-15,18-19H,3-4,7-8,16-17,20H2,1-2H3. The summed E-state index contributed by atoms with van der Waals surface area (Å²) in [5.41, 5.74) is 2.48. The van der Waals surface area contributed by atoms with Crippen LogP contribution in [0.2, 0.25) is 0 Å². The Morgan fingerprint density at radius 2 is 1.89 bits per heavy atom. The van der Waals surface area contributed by atoms with Crippen LogP contribution in [0.5, 0.6) is 23.1 Å². The molecule has 0 radical (unpaired) electrons. The first-order valence-corrected chi connectivity index (χ1v) is 12.5. The van der Waals surface area contributed by atoms with Crippen molar-refractivity contribution in [2.45, 2.75) is 32.7 Å². The van der Waals surface area contributed by atoms with Gasteiger partial charge in [0.15, 0.2) is 11.5 Å². The fraction of sp³-hybridized carbons (Fsp3) is 0.310. The molecule has 5 rings (SSSR count). The molecule has 3 heterocycles. The molecule has 1 amide bonds. The highest BCUT2D eigenvalue weighted by Gasteiger charge is 2.23. The molecule has 7 nitrogen and oxygen atoms in total. The van der Waals surface area contributed by atoms with Crippen LogP contribution in [0, 0.1) is 0 Å². The molecule has 1 aliphatic rings. The third kappa shape index (κ3) is 5.00. The Bertz CT molecular complexity index is 1360. The second-order valence-corrected chi connectivity index (χ2v) is 8.89. The molecule has 7 heteroatoms. The van der Waals surface area contributed by atoms with E-state index in [0.29, 0.717) is 49.4 Å². The normalized spacial score (nSPS) is 14.3. The van der Waals surface area contributed by atoms with Crippen molar-refractivity contribution in [1.29, 1.82) is 0 Å². The first-order valence-electron chi connectivity index (χ1n) is 12.5. The molecule has 0 atom stereocenters. The van der Waals surface area contributed by atoms with Crippen molar-refractivity contribution in [2.75, 3.05) is 19.8 Å². The first-order chi connectivity index (χ1) is 17.6. The summed E-state index contributed by atoms with van der Waals surface area (Å²) in [4.78, 5) is 20.3. The van der Waals surface area contributed by atoms with Gasteiger partial charge in [0.05, 0.1) is 19.8 Å². The predicted molar refractivity (Wildman–Crippen MR) is 139 cm³/mol. The van der Waals surface area contributed by atoms with Crippen molar-refractivity contribution in [1.82, 2.24) is 14.5 Å². The van der Waals surface area contributed by atoms with Crippen LogP contribution in [0.1, 0.15) is 42.2 Å². The molecule has 0 fully saturated rings. The van der Waals surface area contributed by atoms with Crippen molar-refractivity contribution in [3.8, 4) is 23.1 Å². The quantitative estimate of drug-likeness (QED) is 0.358. The maximum absolute atomic E-state index is 13.9. The molecular formula is C29H31N3O4. The van der Waals surface area contributed by atoms with Crippen molar-refractivity contribution in [3.05, 3.63) is 78.1 Å². The van der Waals surface area contributed by atoms with Gasteiger partial charge in [0.1, 0.15) is 11.4 Å². The Morgan fingerprint density at radius 1 is 1.03 bits per heavy atom. The third-order valence-electron chi connectivity index (χ3n) is 6.43. The van der Waals surface area contributed by atoms with E-state index in [1.54, 1.807) is 6.20 Å². The molecule has 4 aromatic rings. The zero-order valence-corrected chi connectivity index (χ0v) is 20.8. The summed E-state index contributed by atoms with van der Waals surface area (Å²) in [5.74, 6) is 2.57. The zero-order valence-electron chi connectivity index (χ0n) is 20.8. The second kappa shape index (κ2) is 10.7. The number of hydrogen-bond acceptors (Lipinski definition) is 5. The molecule has 0 saturated carbocycles. The number of aryl methyl sites for hydroxylation is 1. The number of para-hydroxylation sites is 2. The summed E-state index contributed by atoms with van der Waals surface area (Å²) in [6, 6.07) is 19.3. The van der Waals surface area contributed by atoms with Crippen LogP contribution in [0.25, 0.3) is 10.9 Å². The lowest BCUT2D eigenvalue weighted by molar-refractivity contribution is 0.0729. The van der Waals surface area contributed by atoms with Crippen LogP contribution in [0.4, 0.5) is 0 Å². The third-order valence-corrected chi connectivity index (χ3v) is 6.43. The number of nitrogens with zero attached hydrogens (tertiary/aromatic N) is 3. The van der Waals surface area contributed by atoms with Gasteiger partial charge >= 0.3 is 0 Å². The van der Waals surface area contributed by atoms with E-state index in [1.165, 1.54) is 0 Å². The van der Waals surface area contributed by atoms with E-state index in [-0.39, 0.29) is 5.91 Å². The summed E-state index contributed by atoms with van der Waals surface area (Å²) in [6.45, 7) is 4.18. The zero-order chi connectivity index (χ0) is 24.9. The number of aromatic nitrogens is 2. The summed E-state index contributed by atoms with van der Waals surface area (Å²) in [6.07, 6.45) is 4.44. The van der Waals surface area contributed by atoms with Crippen molar-refractivity contribution in [3.63, 3.8) is 0 Å². The molecular weight excluding hydrogens is 454 g/mol. The van der Waals surface area contributed by atoms with Crippen molar-refractivity contribution < 1.29 is 19.0 Å². The lowest BCUT2D eigenvalue weighted by Crippen LogP contribution is -2.33. The fourth-order valence-corrected chi connectivity index (χ4v) is 4.57. The van der Waals surface area contributed by atoms with Gasteiger partial charge in [-0.1, -0.05) is 18.2 Å². The average molecular weight is 486 g/mol. The van der Waals surface area contributed by atoms with E-state index >= 15 is 0 Å². The summed E-state index contributed by atoms with van der Waals surface area (Å²) in [5, 5.41) is 0.983. The number of rotatable bonds is 3. The lowest BCUT2D eigenvalue weighted by atomic mass is 10.2. The average Bonchev–Trinajstić information content (AvgIpc) is 3.22. The minimum atomic E-state index is -0.0204. The summed E-state index contributed by atoms with van der Waals surface area (Å²) in [7, 11) is 1.93. The van der Waals surface area contributed by atoms with Crippen LogP contribution >= 0.6 is 0 Å². The molecule has 36 heavy (non-hydrogen) atoms. The van der Waals surface area contributed by atoms with Gasteiger partial charge in [-0.2, -0.15) is 0 Å². The van der Waals surface area contributed by atoms with E-state index in [0.717, 1.165) is 41.5 Å². The largest absolute Gasteiger partial charge is 0.494 e. The minimum Gasteiger partial charge on any atom is -0.494 e. The number of carbonyl (C=O) groups excluding carboxylic acids is 1. The SMILES string of the molecule is CCOc1ccc2c(c1)cc(C(=O)N1CCCCCOc3ccccc3Oc3ncccc3C1)n2C. The molecule has 1 aliphatic heterocycles. The minimum absolute atomic E-state index is 0.0204. The Labute approximate surface area is 211 Å². The Hall–Kier alpha value is -4.00. The van der Waals surface area contributed by atoms with Gasteiger partial charge in [-0.15, -0.1) is 0 Å². The number of ether oxygens (including phenoxy) is 3. The number of hydrogen-bond donors (Lipinski definition) is 0. The van der Waals surface area contributed by atoms with E-state index in [1.807, 2.05) is 84.1 Å². The predicted octanol–water partition coefficient (Wildman–Crippen LogP) is 5.97. The Kier molecular flexibility index (Phi) is 7.07. The summed E-state index contributed by atoms with van der Waals surface area (Å²) < 4.78 is 19.8. The molecule has 0 bridgehead atoms. The lowest BCUT2D eigenvalue weighted by Gasteiger charge is -2.24. The van der Waals surface area contributed by atoms with E-state index < -0.39 is 0 Å². The molecule has 0 unspecified atom stereocenters. The first kappa shape index (κ1) is 23.7. The van der Waals surface area contributed by atoms with Gasteiger partial charge in [-0.05, 0) is 68.7 Å². The monoisotopic (exact) mass is 485 g/mol. The number of benzene rings is 2. The molecule has 0 spiro atoms. The van der Waals surface area contributed by atoms with Crippen LogP contribution in [0.3, 0.4) is 0 Å². The highest BCUT2D eigenvalue weighted by molar-refractivity contribution is 5.99. The maximum Gasteiger partial charge on any atom is 0.270 e. The van der Waals surface area contributed by atoms with Crippen molar-refractivity contribution >= 4 is 16.8 Å². The van der Waals surface area contributed by atoms with Crippen LogP contribution in [0.15, 0.2) is 66.9 Å². The number of amides is 1. The van der Waals surface area contributed by atoms with Gasteiger partial charge in [-0.3, -0.25) is 4.79 Å². The van der Waals surface area contributed by atoms with Gasteiger partial charge in [0.25, 0.3) is 5.91 Å². The highest BCUT2D eigenvalue weighted by atomic mass is 16.5. The van der Waals surface area contributed by atoms with Crippen LogP contribution in [-0.2, 0) is 13.6 Å². The molecule has 2 aromatic carbocycles. The van der Waals surface area contributed by atoms with Gasteiger partial charge in [-0.25, -0.2) is 4.98 Å². The molecule has 0 saturated heterocycles. The Balaban J connectivity index is 1.48. The number of carbonyl (C=O) groups is 1. The van der Waals surface area contributed by atoms with Crippen LogP contribution in [-0.4, -0.2) is 40.1 Å². The highest BCUT2D eigenvalue weighted by Crippen LogP contribution is 2.33.